The van der Waals surface area contributed by atoms with Gasteiger partial charge in [-0.05, 0) is 57.2 Å². The molecule has 2 aliphatic rings. The summed E-state index contributed by atoms with van der Waals surface area (Å²) >= 11 is 0. The van der Waals surface area contributed by atoms with Crippen LogP contribution in [0.2, 0.25) is 19.1 Å². The SMILES string of the molecule is [2H][SiH2]O[Si](C)(C)CC(C)C1CCC2(C)OC2C1. The highest BCUT2D eigenvalue weighted by Crippen LogP contribution is 2.51. The summed E-state index contributed by atoms with van der Waals surface area (Å²) in [6.45, 7) is 9.17. The van der Waals surface area contributed by atoms with E-state index in [9.17, 15) is 0 Å². The van der Waals surface area contributed by atoms with Gasteiger partial charge in [0.05, 0.1) is 11.7 Å². The van der Waals surface area contributed by atoms with Crippen LogP contribution in [0.15, 0.2) is 0 Å². The van der Waals surface area contributed by atoms with Gasteiger partial charge in [0, 0.05) is 1.23 Å². The Morgan fingerprint density at radius 2 is 2.44 bits per heavy atom. The van der Waals surface area contributed by atoms with Crippen LogP contribution in [-0.4, -0.2) is 31.7 Å². The first-order chi connectivity index (χ1) is 7.86. The third-order valence-corrected chi connectivity index (χ3v) is 9.33. The number of hydrogen-bond donors (Lipinski definition) is 0. The summed E-state index contributed by atoms with van der Waals surface area (Å²) in [4.78, 5) is 0. The van der Waals surface area contributed by atoms with E-state index in [4.69, 9.17) is 10.1 Å². The molecule has 16 heavy (non-hydrogen) atoms. The van der Waals surface area contributed by atoms with Crippen LogP contribution < -0.4 is 0 Å². The average molecular weight is 260 g/mol. The average Bonchev–Trinajstić information content (AvgIpc) is 2.87. The molecule has 1 saturated heterocycles. The van der Waals surface area contributed by atoms with Crippen LogP contribution in [0.3, 0.4) is 0 Å². The van der Waals surface area contributed by atoms with Crippen LogP contribution in [0, 0.1) is 11.8 Å². The topological polar surface area (TPSA) is 21.8 Å². The molecule has 0 aromatic rings. The smallest absolute Gasteiger partial charge is 0.172 e. The standard InChI is InChI=1S/C12H26O2Si2/c1-9(8-16(3,4)14-15)10-5-6-12(2)11(7-10)13-12/h9-11H,5-8H2,1-4,15H3/i15D. The summed E-state index contributed by atoms with van der Waals surface area (Å²) in [5.74, 6) is 1.56. The molecule has 1 saturated carbocycles. The van der Waals surface area contributed by atoms with Crippen LogP contribution in [0.5, 0.6) is 0 Å². The first-order valence-corrected chi connectivity index (χ1v) is 10.2. The molecule has 1 aliphatic heterocycles. The van der Waals surface area contributed by atoms with E-state index in [0.29, 0.717) is 6.10 Å². The predicted octanol–water partition coefficient (Wildman–Crippen LogP) is 2.08. The van der Waals surface area contributed by atoms with Crippen molar-refractivity contribution in [2.45, 2.75) is 64.0 Å². The Bertz CT molecular complexity index is 288. The maximum atomic E-state index is 7.34. The van der Waals surface area contributed by atoms with Crippen molar-refractivity contribution in [3.8, 4) is 0 Å². The largest absolute Gasteiger partial charge is 0.463 e. The van der Waals surface area contributed by atoms with Gasteiger partial charge in [-0.3, -0.25) is 0 Å². The first kappa shape index (κ1) is 11.4. The molecule has 1 aliphatic carbocycles. The Morgan fingerprint density at radius 1 is 1.69 bits per heavy atom. The van der Waals surface area contributed by atoms with Gasteiger partial charge >= 0.3 is 0 Å². The molecule has 4 unspecified atom stereocenters. The maximum absolute atomic E-state index is 7.34. The molecule has 0 aromatic carbocycles. The van der Waals surface area contributed by atoms with Gasteiger partial charge in [-0.25, -0.2) is 0 Å². The van der Waals surface area contributed by atoms with E-state index < -0.39 is 18.7 Å². The molecular formula is C12H26O2Si2. The Balaban J connectivity index is 1.82. The van der Waals surface area contributed by atoms with Gasteiger partial charge in [-0.15, -0.1) is 0 Å². The molecule has 0 aromatic heterocycles. The lowest BCUT2D eigenvalue weighted by atomic mass is 9.77. The van der Waals surface area contributed by atoms with Crippen molar-refractivity contribution in [3.63, 3.8) is 0 Å². The molecule has 1 heterocycles. The second kappa shape index (κ2) is 4.23. The lowest BCUT2D eigenvalue weighted by Gasteiger charge is -2.32. The number of ether oxygens (including phenoxy) is 1. The summed E-state index contributed by atoms with van der Waals surface area (Å²) in [6, 6.07) is 1.22. The molecule has 0 bridgehead atoms. The fourth-order valence-corrected chi connectivity index (χ4v) is 5.55. The highest BCUT2D eigenvalue weighted by atomic mass is 28.4. The predicted molar refractivity (Wildman–Crippen MR) is 73.1 cm³/mol. The van der Waals surface area contributed by atoms with Crippen molar-refractivity contribution in [2.75, 3.05) is 0 Å². The van der Waals surface area contributed by atoms with E-state index in [1.165, 1.54) is 25.3 Å². The van der Waals surface area contributed by atoms with Crippen LogP contribution in [-0.2, 0) is 8.85 Å². The minimum atomic E-state index is -1.54. The second-order valence-corrected chi connectivity index (χ2v) is 11.6. The van der Waals surface area contributed by atoms with E-state index in [-0.39, 0.29) is 5.60 Å². The zero-order valence-electron chi connectivity index (χ0n) is 12.1. The number of epoxide rings is 1. The van der Waals surface area contributed by atoms with E-state index in [0.717, 1.165) is 11.8 Å². The van der Waals surface area contributed by atoms with Gasteiger partial charge in [0.1, 0.15) is 10.4 Å². The van der Waals surface area contributed by atoms with Crippen molar-refractivity contribution >= 4 is 18.7 Å². The van der Waals surface area contributed by atoms with Crippen molar-refractivity contribution in [1.82, 2.24) is 0 Å². The van der Waals surface area contributed by atoms with E-state index in [1.807, 2.05) is 0 Å². The quantitative estimate of drug-likeness (QED) is 0.557. The first-order valence-electron chi connectivity index (χ1n) is 7.18. The Kier molecular flexibility index (Phi) is 3.02. The molecule has 4 heteroatoms. The van der Waals surface area contributed by atoms with E-state index >= 15 is 0 Å². The lowest BCUT2D eigenvalue weighted by molar-refractivity contribution is 0.271. The fraction of sp³-hybridized carbons (Fsp3) is 1.00. The minimum absolute atomic E-state index is 0.244. The zero-order valence-corrected chi connectivity index (χ0v) is 13.5. The molecule has 2 nitrogen and oxygen atoms in total. The zero-order chi connectivity index (χ0) is 12.7. The van der Waals surface area contributed by atoms with Crippen LogP contribution >= 0.6 is 0 Å². The number of rotatable bonds is 5. The molecule has 0 spiro atoms. The third-order valence-electron chi connectivity index (χ3n) is 4.57. The molecule has 94 valence electrons. The summed E-state index contributed by atoms with van der Waals surface area (Å²) in [7, 11) is -2.53. The van der Waals surface area contributed by atoms with Crippen LogP contribution in [0.1, 0.15) is 33.1 Å². The molecular weight excluding hydrogens is 232 g/mol. The fourth-order valence-electron chi connectivity index (χ4n) is 3.19. The maximum Gasteiger partial charge on any atom is 0.172 e. The molecule has 2 fully saturated rings. The van der Waals surface area contributed by atoms with Gasteiger partial charge < -0.3 is 8.85 Å². The van der Waals surface area contributed by atoms with Crippen molar-refractivity contribution < 1.29 is 8.85 Å². The van der Waals surface area contributed by atoms with Crippen molar-refractivity contribution in [3.05, 3.63) is 0 Å². The highest BCUT2D eigenvalue weighted by Gasteiger charge is 2.55. The molecule has 2 rings (SSSR count). The Labute approximate surface area is 105 Å². The normalized spacial score (nSPS) is 41.9. The Hall–Kier alpha value is 0.354. The minimum Gasteiger partial charge on any atom is -0.463 e. The summed E-state index contributed by atoms with van der Waals surface area (Å²) in [6.07, 6.45) is 4.35. The molecule has 0 amide bonds. The van der Waals surface area contributed by atoms with E-state index in [2.05, 4.69) is 26.9 Å². The van der Waals surface area contributed by atoms with E-state index in [1.54, 1.807) is 0 Å². The van der Waals surface area contributed by atoms with Crippen molar-refractivity contribution in [2.24, 2.45) is 11.8 Å². The highest BCUT2D eigenvalue weighted by molar-refractivity contribution is 6.73. The van der Waals surface area contributed by atoms with Gasteiger partial charge in [-0.1, -0.05) is 6.92 Å². The second-order valence-electron chi connectivity index (χ2n) is 6.54. The summed E-state index contributed by atoms with van der Waals surface area (Å²) < 4.78 is 18.9. The monoisotopic (exact) mass is 259 g/mol. The number of fused-ring (bicyclic) bond motifs is 1. The Morgan fingerprint density at radius 3 is 3.06 bits per heavy atom. The van der Waals surface area contributed by atoms with Gasteiger partial charge in [-0.2, -0.15) is 0 Å². The van der Waals surface area contributed by atoms with Gasteiger partial charge in [0.15, 0.2) is 8.32 Å². The summed E-state index contributed by atoms with van der Waals surface area (Å²) in [5.41, 5.74) is 0.244. The number of hydrogen-bond acceptors (Lipinski definition) is 2. The van der Waals surface area contributed by atoms with Crippen LogP contribution in [0.25, 0.3) is 0 Å². The molecule has 4 atom stereocenters. The van der Waals surface area contributed by atoms with Gasteiger partial charge in [0.25, 0.3) is 0 Å². The molecule has 0 N–H and O–H groups in total. The van der Waals surface area contributed by atoms with Crippen LogP contribution in [0.4, 0.5) is 0 Å². The van der Waals surface area contributed by atoms with Gasteiger partial charge in [0.2, 0.25) is 0 Å². The lowest BCUT2D eigenvalue weighted by Crippen LogP contribution is -2.35. The summed E-state index contributed by atoms with van der Waals surface area (Å²) in [5, 5.41) is 0. The third kappa shape index (κ3) is 2.60. The molecule has 0 radical (unpaired) electrons. The van der Waals surface area contributed by atoms with Crippen molar-refractivity contribution in [1.29, 1.82) is 1.23 Å².